The summed E-state index contributed by atoms with van der Waals surface area (Å²) >= 11 is 2.82. The number of carbonyl (C=O) groups is 2. The van der Waals surface area contributed by atoms with Gasteiger partial charge in [0.1, 0.15) is 5.69 Å². The van der Waals surface area contributed by atoms with E-state index < -0.39 is 0 Å². The van der Waals surface area contributed by atoms with Crippen molar-refractivity contribution in [3.63, 3.8) is 0 Å². The summed E-state index contributed by atoms with van der Waals surface area (Å²) in [6.07, 6.45) is 0.332. The number of carbonyl (C=O) groups excluding carboxylic acids is 2. The molecule has 6 heteroatoms. The number of aromatic nitrogens is 1. The third kappa shape index (κ3) is 3.21. The molecule has 0 saturated heterocycles. The van der Waals surface area contributed by atoms with Gasteiger partial charge in [-0.2, -0.15) is 11.3 Å². The Morgan fingerprint density at radius 2 is 2.24 bits per heavy atom. The van der Waals surface area contributed by atoms with Crippen LogP contribution in [0.4, 0.5) is 5.13 Å². The second-order valence-electron chi connectivity index (χ2n) is 3.45. The van der Waals surface area contributed by atoms with Gasteiger partial charge in [-0.3, -0.25) is 9.59 Å². The van der Waals surface area contributed by atoms with Gasteiger partial charge in [0.15, 0.2) is 10.9 Å². The van der Waals surface area contributed by atoms with Crippen LogP contribution in [0.3, 0.4) is 0 Å². The monoisotopic (exact) mass is 266 g/mol. The first-order valence-corrected chi connectivity index (χ1v) is 6.75. The Balaban J connectivity index is 1.96. The molecule has 2 rings (SSSR count). The van der Waals surface area contributed by atoms with Gasteiger partial charge in [0.05, 0.1) is 6.42 Å². The number of amides is 1. The molecule has 0 radical (unpaired) electrons. The maximum absolute atomic E-state index is 11.6. The van der Waals surface area contributed by atoms with Crippen molar-refractivity contribution in [2.45, 2.75) is 13.3 Å². The van der Waals surface area contributed by atoms with Gasteiger partial charge in [0.2, 0.25) is 5.91 Å². The summed E-state index contributed by atoms with van der Waals surface area (Å²) in [7, 11) is 0. The van der Waals surface area contributed by atoms with Gasteiger partial charge in [0, 0.05) is 12.3 Å². The van der Waals surface area contributed by atoms with Crippen LogP contribution in [0.25, 0.3) is 0 Å². The van der Waals surface area contributed by atoms with Gasteiger partial charge in [-0.15, -0.1) is 11.3 Å². The molecule has 2 heterocycles. The predicted octanol–water partition coefficient (Wildman–Crippen LogP) is 2.59. The summed E-state index contributed by atoms with van der Waals surface area (Å²) < 4.78 is 0. The molecule has 17 heavy (non-hydrogen) atoms. The van der Waals surface area contributed by atoms with E-state index in [0.717, 1.165) is 5.56 Å². The van der Waals surface area contributed by atoms with Crippen LogP contribution in [-0.4, -0.2) is 16.7 Å². The Kier molecular flexibility index (Phi) is 3.65. The second-order valence-corrected chi connectivity index (χ2v) is 5.09. The zero-order valence-electron chi connectivity index (χ0n) is 9.10. The standard InChI is InChI=1S/C11H10N2O2S2/c1-7(14)9-6-17-11(12-9)13-10(15)4-8-2-3-16-5-8/h2-3,5-6H,4H2,1H3,(H,12,13,15). The van der Waals surface area contributed by atoms with E-state index in [1.807, 2.05) is 16.8 Å². The molecule has 0 unspecified atom stereocenters. The lowest BCUT2D eigenvalue weighted by Gasteiger charge is -1.99. The summed E-state index contributed by atoms with van der Waals surface area (Å²) in [5.74, 6) is -0.215. The number of hydrogen-bond acceptors (Lipinski definition) is 5. The Morgan fingerprint density at radius 1 is 1.41 bits per heavy atom. The average molecular weight is 266 g/mol. The lowest BCUT2D eigenvalue weighted by molar-refractivity contribution is -0.115. The van der Waals surface area contributed by atoms with E-state index in [9.17, 15) is 9.59 Å². The molecule has 0 atom stereocenters. The van der Waals surface area contributed by atoms with Crippen LogP contribution in [0.5, 0.6) is 0 Å². The van der Waals surface area contributed by atoms with Crippen molar-refractivity contribution in [2.24, 2.45) is 0 Å². The van der Waals surface area contributed by atoms with E-state index in [1.165, 1.54) is 18.3 Å². The number of thiophene rings is 1. The molecule has 1 N–H and O–H groups in total. The highest BCUT2D eigenvalue weighted by Crippen LogP contribution is 2.16. The molecule has 1 amide bonds. The molecule has 0 spiro atoms. The van der Waals surface area contributed by atoms with Crippen LogP contribution in [0.15, 0.2) is 22.2 Å². The molecule has 88 valence electrons. The Hall–Kier alpha value is -1.53. The summed E-state index contributed by atoms with van der Waals surface area (Å²) in [5.41, 5.74) is 1.37. The van der Waals surface area contributed by atoms with E-state index in [1.54, 1.807) is 16.7 Å². The first-order valence-electron chi connectivity index (χ1n) is 4.92. The van der Waals surface area contributed by atoms with E-state index in [2.05, 4.69) is 10.3 Å². The predicted molar refractivity (Wildman–Crippen MR) is 68.8 cm³/mol. The lowest BCUT2D eigenvalue weighted by atomic mass is 10.2. The van der Waals surface area contributed by atoms with Crippen LogP contribution < -0.4 is 5.32 Å². The minimum absolute atomic E-state index is 0.0976. The van der Waals surface area contributed by atoms with Gasteiger partial charge in [-0.1, -0.05) is 0 Å². The highest BCUT2D eigenvalue weighted by molar-refractivity contribution is 7.14. The van der Waals surface area contributed by atoms with Gasteiger partial charge >= 0.3 is 0 Å². The molecule has 0 aliphatic rings. The highest BCUT2D eigenvalue weighted by Gasteiger charge is 2.09. The summed E-state index contributed by atoms with van der Waals surface area (Å²) in [4.78, 5) is 26.7. The highest BCUT2D eigenvalue weighted by atomic mass is 32.1. The van der Waals surface area contributed by atoms with Crippen molar-refractivity contribution in [3.8, 4) is 0 Å². The van der Waals surface area contributed by atoms with Crippen molar-refractivity contribution < 1.29 is 9.59 Å². The van der Waals surface area contributed by atoms with E-state index in [4.69, 9.17) is 0 Å². The number of rotatable bonds is 4. The number of thiazole rings is 1. The largest absolute Gasteiger partial charge is 0.302 e. The minimum atomic E-state index is -0.118. The molecular weight excluding hydrogens is 256 g/mol. The lowest BCUT2D eigenvalue weighted by Crippen LogP contribution is -2.13. The number of nitrogens with zero attached hydrogens (tertiary/aromatic N) is 1. The number of Topliss-reactive ketones (excluding diaryl/α,β-unsaturated/α-hetero) is 1. The number of ketones is 1. The number of nitrogens with one attached hydrogen (secondary N) is 1. The normalized spacial score (nSPS) is 10.2. The third-order valence-electron chi connectivity index (χ3n) is 2.06. The molecule has 2 aromatic rings. The van der Waals surface area contributed by atoms with Crippen molar-refractivity contribution in [1.82, 2.24) is 4.98 Å². The van der Waals surface area contributed by atoms with Gasteiger partial charge in [-0.25, -0.2) is 4.98 Å². The quantitative estimate of drug-likeness (QED) is 0.865. The minimum Gasteiger partial charge on any atom is -0.302 e. The molecule has 0 bridgehead atoms. The van der Waals surface area contributed by atoms with E-state index in [-0.39, 0.29) is 11.7 Å². The zero-order valence-corrected chi connectivity index (χ0v) is 10.7. The average Bonchev–Trinajstić information content (AvgIpc) is 2.88. The summed E-state index contributed by atoms with van der Waals surface area (Å²) in [5, 5.41) is 8.65. The van der Waals surface area contributed by atoms with Crippen LogP contribution in [-0.2, 0) is 11.2 Å². The smallest absolute Gasteiger partial charge is 0.230 e. The zero-order chi connectivity index (χ0) is 12.3. The van der Waals surface area contributed by atoms with Gasteiger partial charge < -0.3 is 5.32 Å². The number of anilines is 1. The molecule has 2 aromatic heterocycles. The fourth-order valence-corrected chi connectivity index (χ4v) is 2.67. The molecule has 0 fully saturated rings. The molecule has 0 aliphatic carbocycles. The first kappa shape index (κ1) is 11.9. The Bertz CT molecular complexity index is 531. The van der Waals surface area contributed by atoms with Crippen LogP contribution in [0.1, 0.15) is 23.0 Å². The van der Waals surface area contributed by atoms with Gasteiger partial charge in [0.25, 0.3) is 0 Å². The fourth-order valence-electron chi connectivity index (χ4n) is 1.23. The Labute approximate surface area is 106 Å². The van der Waals surface area contributed by atoms with Crippen molar-refractivity contribution >= 4 is 39.5 Å². The van der Waals surface area contributed by atoms with E-state index in [0.29, 0.717) is 17.2 Å². The summed E-state index contributed by atoms with van der Waals surface area (Å²) in [6, 6.07) is 1.91. The fraction of sp³-hybridized carbons (Fsp3) is 0.182. The Morgan fingerprint density at radius 3 is 2.82 bits per heavy atom. The molecule has 0 aromatic carbocycles. The van der Waals surface area contributed by atoms with E-state index >= 15 is 0 Å². The van der Waals surface area contributed by atoms with Crippen LogP contribution in [0, 0.1) is 0 Å². The van der Waals surface area contributed by atoms with Crippen LogP contribution >= 0.6 is 22.7 Å². The molecule has 4 nitrogen and oxygen atoms in total. The number of hydrogen-bond donors (Lipinski definition) is 1. The topological polar surface area (TPSA) is 59.1 Å². The molecular formula is C11H10N2O2S2. The summed E-state index contributed by atoms with van der Waals surface area (Å²) in [6.45, 7) is 1.45. The SMILES string of the molecule is CC(=O)c1csc(NC(=O)Cc2ccsc2)n1. The van der Waals surface area contributed by atoms with Crippen molar-refractivity contribution in [3.05, 3.63) is 33.5 Å². The molecule has 0 saturated carbocycles. The van der Waals surface area contributed by atoms with Crippen molar-refractivity contribution in [2.75, 3.05) is 5.32 Å². The maximum atomic E-state index is 11.6. The first-order chi connectivity index (χ1) is 8.15. The van der Waals surface area contributed by atoms with Gasteiger partial charge in [-0.05, 0) is 22.4 Å². The van der Waals surface area contributed by atoms with Crippen molar-refractivity contribution in [1.29, 1.82) is 0 Å². The third-order valence-corrected chi connectivity index (χ3v) is 3.55. The maximum Gasteiger partial charge on any atom is 0.230 e. The van der Waals surface area contributed by atoms with Crippen LogP contribution in [0.2, 0.25) is 0 Å². The second kappa shape index (κ2) is 5.20. The molecule has 0 aliphatic heterocycles.